The average molecular weight is 279 g/mol. The van der Waals surface area contributed by atoms with Crippen LogP contribution in [0.2, 0.25) is 0 Å². The van der Waals surface area contributed by atoms with Crippen LogP contribution in [0, 0.1) is 5.82 Å². The molecule has 1 N–H and O–H groups in total. The fourth-order valence-corrected chi connectivity index (χ4v) is 1.73. The van der Waals surface area contributed by atoms with Crippen molar-refractivity contribution in [2.45, 2.75) is 18.6 Å². The second-order valence-electron chi connectivity index (χ2n) is 4.31. The van der Waals surface area contributed by atoms with Gasteiger partial charge >= 0.3 is 12.1 Å². The lowest BCUT2D eigenvalue weighted by Gasteiger charge is -2.24. The Morgan fingerprint density at radius 3 is 2.37 bits per heavy atom. The van der Waals surface area contributed by atoms with Crippen LogP contribution < -0.4 is 0 Å². The van der Waals surface area contributed by atoms with Crippen LogP contribution in [0.4, 0.5) is 17.6 Å². The molecule has 19 heavy (non-hydrogen) atoms. The summed E-state index contributed by atoms with van der Waals surface area (Å²) in [6.07, 6.45) is -5.17. The predicted octanol–water partition coefficient (Wildman–Crippen LogP) is 2.92. The molecule has 0 aliphatic heterocycles. The number of carboxylic acids is 1. The largest absolute Gasteiger partial charge is 0.481 e. The molecule has 0 saturated carbocycles. The molecule has 0 saturated heterocycles. The van der Waals surface area contributed by atoms with Gasteiger partial charge in [0.25, 0.3) is 0 Å². The highest BCUT2D eigenvalue weighted by molar-refractivity contribution is 5.68. The maximum atomic E-state index is 13.1. The van der Waals surface area contributed by atoms with Gasteiger partial charge < -0.3 is 10.0 Å². The van der Waals surface area contributed by atoms with Crippen LogP contribution in [0.15, 0.2) is 18.2 Å². The summed E-state index contributed by atoms with van der Waals surface area (Å²) in [4.78, 5) is 12.2. The molecule has 0 spiro atoms. The van der Waals surface area contributed by atoms with E-state index in [1.54, 1.807) is 14.1 Å². The van der Waals surface area contributed by atoms with Gasteiger partial charge in [-0.05, 0) is 31.8 Å². The summed E-state index contributed by atoms with van der Waals surface area (Å²) in [5.41, 5.74) is -1.27. The van der Waals surface area contributed by atoms with E-state index >= 15 is 0 Å². The smallest absolute Gasteiger partial charge is 0.419 e. The summed E-state index contributed by atoms with van der Waals surface area (Å²) < 4.78 is 50.9. The van der Waals surface area contributed by atoms with Gasteiger partial charge in [0, 0.05) is 6.04 Å². The molecule has 1 aromatic rings. The van der Waals surface area contributed by atoms with Gasteiger partial charge in [0.15, 0.2) is 0 Å². The highest BCUT2D eigenvalue weighted by atomic mass is 19.4. The SMILES string of the molecule is CN(C)C(CC(=O)O)c1ccc(F)c(C(F)(F)F)c1. The number of hydrogen-bond donors (Lipinski definition) is 1. The van der Waals surface area contributed by atoms with Gasteiger partial charge in [0.05, 0.1) is 12.0 Å². The highest BCUT2D eigenvalue weighted by Crippen LogP contribution is 2.34. The Balaban J connectivity index is 3.22. The number of hydrogen-bond acceptors (Lipinski definition) is 2. The molecule has 1 unspecified atom stereocenters. The van der Waals surface area contributed by atoms with Crippen molar-refractivity contribution in [2.24, 2.45) is 0 Å². The van der Waals surface area contributed by atoms with Crippen molar-refractivity contribution in [1.82, 2.24) is 4.90 Å². The van der Waals surface area contributed by atoms with E-state index in [-0.39, 0.29) is 12.0 Å². The topological polar surface area (TPSA) is 40.5 Å². The van der Waals surface area contributed by atoms with Crippen LogP contribution >= 0.6 is 0 Å². The van der Waals surface area contributed by atoms with Crippen molar-refractivity contribution >= 4 is 5.97 Å². The summed E-state index contributed by atoms with van der Waals surface area (Å²) in [6, 6.07) is 1.77. The molecule has 0 aliphatic carbocycles. The summed E-state index contributed by atoms with van der Waals surface area (Å²) in [5.74, 6) is -2.51. The first-order chi connectivity index (χ1) is 8.62. The Hall–Kier alpha value is -1.63. The van der Waals surface area contributed by atoms with E-state index in [4.69, 9.17) is 5.11 Å². The zero-order valence-electron chi connectivity index (χ0n) is 10.3. The van der Waals surface area contributed by atoms with Crippen molar-refractivity contribution < 1.29 is 27.5 Å². The van der Waals surface area contributed by atoms with Crippen molar-refractivity contribution in [1.29, 1.82) is 0 Å². The molecule has 3 nitrogen and oxygen atoms in total. The number of carbonyl (C=O) groups is 1. The molecular formula is C12H13F4NO2. The molecule has 1 aromatic carbocycles. The lowest BCUT2D eigenvalue weighted by atomic mass is 10.00. The Morgan fingerprint density at radius 2 is 1.95 bits per heavy atom. The van der Waals surface area contributed by atoms with Crippen LogP contribution in [0.5, 0.6) is 0 Å². The van der Waals surface area contributed by atoms with E-state index in [1.807, 2.05) is 0 Å². The molecule has 0 fully saturated rings. The molecule has 0 radical (unpaired) electrons. The van der Waals surface area contributed by atoms with Gasteiger partial charge in [0.2, 0.25) is 0 Å². The second kappa shape index (κ2) is 5.56. The number of benzene rings is 1. The third-order valence-electron chi connectivity index (χ3n) is 2.67. The number of nitrogens with zero attached hydrogens (tertiary/aromatic N) is 1. The van der Waals surface area contributed by atoms with Crippen LogP contribution in [0.1, 0.15) is 23.6 Å². The molecule has 0 aromatic heterocycles. The highest BCUT2D eigenvalue weighted by Gasteiger charge is 2.35. The van der Waals surface area contributed by atoms with Crippen molar-refractivity contribution in [3.63, 3.8) is 0 Å². The van der Waals surface area contributed by atoms with Gasteiger partial charge in [-0.1, -0.05) is 6.07 Å². The van der Waals surface area contributed by atoms with Gasteiger partial charge in [-0.2, -0.15) is 13.2 Å². The van der Waals surface area contributed by atoms with Crippen molar-refractivity contribution in [3.8, 4) is 0 Å². The van der Waals surface area contributed by atoms with Crippen molar-refractivity contribution in [3.05, 3.63) is 35.1 Å². The molecule has 7 heteroatoms. The summed E-state index contributed by atoms with van der Waals surface area (Å²) >= 11 is 0. The molecule has 0 amide bonds. The molecule has 0 aliphatic rings. The molecular weight excluding hydrogens is 266 g/mol. The lowest BCUT2D eigenvalue weighted by molar-refractivity contribution is -0.140. The van der Waals surface area contributed by atoms with Crippen LogP contribution in [-0.2, 0) is 11.0 Å². The molecule has 0 bridgehead atoms. The number of rotatable bonds is 4. The third-order valence-corrected chi connectivity index (χ3v) is 2.67. The van der Waals surface area contributed by atoms with Gasteiger partial charge in [0.1, 0.15) is 5.82 Å². The average Bonchev–Trinajstić information content (AvgIpc) is 2.24. The first kappa shape index (κ1) is 15.4. The van der Waals surface area contributed by atoms with E-state index in [2.05, 4.69) is 0 Å². The minimum atomic E-state index is -4.81. The predicted molar refractivity (Wildman–Crippen MR) is 60.1 cm³/mol. The van der Waals surface area contributed by atoms with E-state index < -0.39 is 29.6 Å². The van der Waals surface area contributed by atoms with E-state index in [9.17, 15) is 22.4 Å². The van der Waals surface area contributed by atoms with Gasteiger partial charge in [-0.25, -0.2) is 4.39 Å². The molecule has 0 heterocycles. The fourth-order valence-electron chi connectivity index (χ4n) is 1.73. The third kappa shape index (κ3) is 3.92. The maximum Gasteiger partial charge on any atom is 0.419 e. The molecule has 1 atom stereocenters. The lowest BCUT2D eigenvalue weighted by Crippen LogP contribution is -2.23. The van der Waals surface area contributed by atoms with Crippen molar-refractivity contribution in [2.75, 3.05) is 14.1 Å². The fraction of sp³-hybridized carbons (Fsp3) is 0.417. The first-order valence-corrected chi connectivity index (χ1v) is 5.37. The molecule has 106 valence electrons. The van der Waals surface area contributed by atoms with E-state index in [0.717, 1.165) is 6.07 Å². The number of aliphatic carboxylic acids is 1. The summed E-state index contributed by atoms with van der Waals surface area (Å²) in [6.45, 7) is 0. The zero-order chi connectivity index (χ0) is 14.8. The Bertz CT molecular complexity index is 471. The van der Waals surface area contributed by atoms with Crippen LogP contribution in [-0.4, -0.2) is 30.1 Å². The minimum absolute atomic E-state index is 0.112. The zero-order valence-corrected chi connectivity index (χ0v) is 10.3. The molecule has 1 rings (SSSR count). The summed E-state index contributed by atoms with van der Waals surface area (Å²) in [5, 5.41) is 8.75. The van der Waals surface area contributed by atoms with Crippen LogP contribution in [0.25, 0.3) is 0 Å². The Labute approximate surface area is 107 Å². The number of alkyl halides is 3. The number of halogens is 4. The van der Waals surface area contributed by atoms with E-state index in [1.165, 1.54) is 4.90 Å². The van der Waals surface area contributed by atoms with Gasteiger partial charge in [-0.3, -0.25) is 4.79 Å². The minimum Gasteiger partial charge on any atom is -0.481 e. The number of carboxylic acid groups (broad SMARTS) is 1. The maximum absolute atomic E-state index is 13.1. The van der Waals surface area contributed by atoms with Crippen LogP contribution in [0.3, 0.4) is 0 Å². The Kier molecular flexibility index (Phi) is 4.52. The second-order valence-corrected chi connectivity index (χ2v) is 4.31. The van der Waals surface area contributed by atoms with Gasteiger partial charge in [-0.15, -0.1) is 0 Å². The quantitative estimate of drug-likeness (QED) is 0.861. The monoisotopic (exact) mass is 279 g/mol. The summed E-state index contributed by atoms with van der Waals surface area (Å²) in [7, 11) is 3.09. The normalized spacial score (nSPS) is 13.6. The standard InChI is InChI=1S/C12H13F4NO2/c1-17(2)10(6-11(18)19)7-3-4-9(13)8(5-7)12(14,15)16/h3-5,10H,6H2,1-2H3,(H,18,19). The van der Waals surface area contributed by atoms with E-state index in [0.29, 0.717) is 12.1 Å². The first-order valence-electron chi connectivity index (χ1n) is 5.37. The Morgan fingerprint density at radius 1 is 1.37 bits per heavy atom.